The van der Waals surface area contributed by atoms with E-state index in [0.717, 1.165) is 0 Å². The summed E-state index contributed by atoms with van der Waals surface area (Å²) in [5.41, 5.74) is 0.288. The normalized spacial score (nSPS) is 10.4. The molecule has 0 aliphatic carbocycles. The molecule has 7 heteroatoms. The number of rotatable bonds is 3. The standard InChI is InChI=1S/C10H9N3O4/c14-5-11-9(15)6-2-1-3-13-8(6)7(4-12-13)10(16)17/h1-4,14H,5H2,(H,11,15)(H,16,17). The molecular weight excluding hydrogens is 226 g/mol. The maximum absolute atomic E-state index is 11.6. The first kappa shape index (κ1) is 11.1. The molecule has 0 aromatic carbocycles. The Hall–Kier alpha value is -2.41. The molecule has 2 rings (SSSR count). The van der Waals surface area contributed by atoms with Crippen LogP contribution in [0.25, 0.3) is 5.52 Å². The Kier molecular flexibility index (Phi) is 2.75. The number of carbonyl (C=O) groups excluding carboxylic acids is 1. The Labute approximate surface area is 95.3 Å². The number of hydrogen-bond donors (Lipinski definition) is 3. The molecular formula is C10H9N3O4. The van der Waals surface area contributed by atoms with Crippen molar-refractivity contribution in [3.05, 3.63) is 35.7 Å². The molecule has 0 saturated heterocycles. The molecule has 0 aliphatic rings. The van der Waals surface area contributed by atoms with Crippen molar-refractivity contribution >= 4 is 17.4 Å². The summed E-state index contributed by atoms with van der Waals surface area (Å²) in [4.78, 5) is 22.6. The van der Waals surface area contributed by atoms with E-state index in [1.54, 1.807) is 6.07 Å². The van der Waals surface area contributed by atoms with Crippen LogP contribution in [0.5, 0.6) is 0 Å². The zero-order valence-corrected chi connectivity index (χ0v) is 8.62. The first-order chi connectivity index (χ1) is 8.15. The van der Waals surface area contributed by atoms with Crippen LogP contribution in [0.2, 0.25) is 0 Å². The molecule has 0 aliphatic heterocycles. The molecule has 0 atom stereocenters. The second-order valence-electron chi connectivity index (χ2n) is 3.24. The molecule has 2 aromatic heterocycles. The highest BCUT2D eigenvalue weighted by Crippen LogP contribution is 2.15. The summed E-state index contributed by atoms with van der Waals surface area (Å²) in [6.07, 6.45) is 2.71. The van der Waals surface area contributed by atoms with Crippen LogP contribution in [0.15, 0.2) is 24.5 Å². The smallest absolute Gasteiger partial charge is 0.339 e. The number of aromatic nitrogens is 2. The molecule has 17 heavy (non-hydrogen) atoms. The number of pyridine rings is 1. The van der Waals surface area contributed by atoms with E-state index in [0.29, 0.717) is 0 Å². The summed E-state index contributed by atoms with van der Waals surface area (Å²) in [5.74, 6) is -1.72. The Bertz CT molecular complexity index is 590. The molecule has 0 spiro atoms. The van der Waals surface area contributed by atoms with Gasteiger partial charge in [0.25, 0.3) is 5.91 Å². The van der Waals surface area contributed by atoms with Crippen LogP contribution in [-0.2, 0) is 0 Å². The maximum atomic E-state index is 11.6. The number of carboxylic acids is 1. The maximum Gasteiger partial charge on any atom is 0.339 e. The predicted molar refractivity (Wildman–Crippen MR) is 56.7 cm³/mol. The van der Waals surface area contributed by atoms with Gasteiger partial charge in [-0.1, -0.05) is 0 Å². The van der Waals surface area contributed by atoms with Gasteiger partial charge in [-0.05, 0) is 12.1 Å². The molecule has 88 valence electrons. The quantitative estimate of drug-likeness (QED) is 0.634. The van der Waals surface area contributed by atoms with Gasteiger partial charge >= 0.3 is 5.97 Å². The van der Waals surface area contributed by atoms with Crippen LogP contribution in [0.3, 0.4) is 0 Å². The van der Waals surface area contributed by atoms with Gasteiger partial charge in [0, 0.05) is 6.20 Å². The molecule has 0 fully saturated rings. The summed E-state index contributed by atoms with van der Waals surface area (Å²) >= 11 is 0. The molecule has 0 saturated carbocycles. The average molecular weight is 235 g/mol. The molecule has 0 radical (unpaired) electrons. The highest BCUT2D eigenvalue weighted by molar-refractivity contribution is 6.07. The number of hydrogen-bond acceptors (Lipinski definition) is 4. The largest absolute Gasteiger partial charge is 0.478 e. The fraction of sp³-hybridized carbons (Fsp3) is 0.100. The van der Waals surface area contributed by atoms with Crippen molar-refractivity contribution in [3.8, 4) is 0 Å². The van der Waals surface area contributed by atoms with E-state index in [1.807, 2.05) is 0 Å². The van der Waals surface area contributed by atoms with Gasteiger partial charge in [-0.3, -0.25) is 4.79 Å². The van der Waals surface area contributed by atoms with Gasteiger partial charge < -0.3 is 15.5 Å². The first-order valence-corrected chi connectivity index (χ1v) is 4.74. The Morgan fingerprint density at radius 3 is 2.82 bits per heavy atom. The van der Waals surface area contributed by atoms with Crippen LogP contribution >= 0.6 is 0 Å². The van der Waals surface area contributed by atoms with Gasteiger partial charge in [-0.15, -0.1) is 0 Å². The zero-order valence-electron chi connectivity index (χ0n) is 8.62. The van der Waals surface area contributed by atoms with Crippen molar-refractivity contribution < 1.29 is 19.8 Å². The lowest BCUT2D eigenvalue weighted by Gasteiger charge is -2.04. The molecule has 0 unspecified atom stereocenters. The Balaban J connectivity index is 2.66. The van der Waals surface area contributed by atoms with Crippen molar-refractivity contribution in [2.75, 3.05) is 6.73 Å². The van der Waals surface area contributed by atoms with Gasteiger partial charge in [0.15, 0.2) is 0 Å². The monoisotopic (exact) mass is 235 g/mol. The van der Waals surface area contributed by atoms with Crippen LogP contribution in [0.4, 0.5) is 0 Å². The minimum absolute atomic E-state index is 0.0614. The van der Waals surface area contributed by atoms with Crippen molar-refractivity contribution in [3.63, 3.8) is 0 Å². The van der Waals surface area contributed by atoms with Gasteiger partial charge in [-0.25, -0.2) is 9.31 Å². The Morgan fingerprint density at radius 1 is 1.41 bits per heavy atom. The summed E-state index contributed by atoms with van der Waals surface area (Å²) < 4.78 is 1.30. The predicted octanol–water partition coefficient (Wildman–Crippen LogP) is -0.288. The Morgan fingerprint density at radius 2 is 2.18 bits per heavy atom. The highest BCUT2D eigenvalue weighted by atomic mass is 16.4. The first-order valence-electron chi connectivity index (χ1n) is 4.74. The van der Waals surface area contributed by atoms with E-state index in [2.05, 4.69) is 10.4 Å². The van der Waals surface area contributed by atoms with E-state index in [9.17, 15) is 9.59 Å². The molecule has 1 amide bonds. The third-order valence-corrected chi connectivity index (χ3v) is 2.26. The van der Waals surface area contributed by atoms with Gasteiger partial charge in [-0.2, -0.15) is 5.10 Å². The summed E-state index contributed by atoms with van der Waals surface area (Å²) in [6.45, 7) is -0.517. The number of nitrogens with one attached hydrogen (secondary N) is 1. The molecule has 2 aromatic rings. The minimum atomic E-state index is -1.16. The SMILES string of the molecule is O=C(O)c1cnn2cccc(C(=O)NCO)c12. The summed E-state index contributed by atoms with van der Waals surface area (Å²) in [6, 6.07) is 3.03. The van der Waals surface area contributed by atoms with Crippen LogP contribution in [-0.4, -0.2) is 38.4 Å². The van der Waals surface area contributed by atoms with Crippen molar-refractivity contribution in [1.29, 1.82) is 0 Å². The van der Waals surface area contributed by atoms with Gasteiger partial charge in [0.05, 0.1) is 17.3 Å². The van der Waals surface area contributed by atoms with Gasteiger partial charge in [0.2, 0.25) is 0 Å². The lowest BCUT2D eigenvalue weighted by atomic mass is 10.1. The lowest BCUT2D eigenvalue weighted by molar-refractivity contribution is 0.0699. The third-order valence-electron chi connectivity index (χ3n) is 2.26. The van der Waals surface area contributed by atoms with E-state index < -0.39 is 18.6 Å². The fourth-order valence-corrected chi connectivity index (χ4v) is 1.55. The average Bonchev–Trinajstić information content (AvgIpc) is 2.72. The topological polar surface area (TPSA) is 104 Å². The molecule has 7 nitrogen and oxygen atoms in total. The third kappa shape index (κ3) is 1.83. The number of carboxylic acid groups (broad SMARTS) is 1. The summed E-state index contributed by atoms with van der Waals surface area (Å²) in [5, 5.41) is 23.6. The minimum Gasteiger partial charge on any atom is -0.478 e. The van der Waals surface area contributed by atoms with E-state index in [1.165, 1.54) is 23.0 Å². The van der Waals surface area contributed by atoms with Crippen molar-refractivity contribution in [2.45, 2.75) is 0 Å². The number of aromatic carboxylic acids is 1. The number of fused-ring (bicyclic) bond motifs is 1. The van der Waals surface area contributed by atoms with E-state index in [-0.39, 0.29) is 16.6 Å². The van der Waals surface area contributed by atoms with Crippen molar-refractivity contribution in [1.82, 2.24) is 14.9 Å². The number of nitrogens with zero attached hydrogens (tertiary/aromatic N) is 2. The van der Waals surface area contributed by atoms with E-state index >= 15 is 0 Å². The lowest BCUT2D eigenvalue weighted by Crippen LogP contribution is -2.24. The highest BCUT2D eigenvalue weighted by Gasteiger charge is 2.18. The van der Waals surface area contributed by atoms with Crippen LogP contribution in [0, 0.1) is 0 Å². The second kappa shape index (κ2) is 4.22. The second-order valence-corrected chi connectivity index (χ2v) is 3.24. The molecule has 0 bridgehead atoms. The van der Waals surface area contributed by atoms with Crippen molar-refractivity contribution in [2.24, 2.45) is 0 Å². The van der Waals surface area contributed by atoms with Gasteiger partial charge in [0.1, 0.15) is 12.3 Å². The number of carbonyl (C=O) groups is 2. The van der Waals surface area contributed by atoms with E-state index in [4.69, 9.17) is 10.2 Å². The van der Waals surface area contributed by atoms with Crippen LogP contribution < -0.4 is 5.32 Å². The van der Waals surface area contributed by atoms with Crippen LogP contribution in [0.1, 0.15) is 20.7 Å². The molecule has 3 N–H and O–H groups in total. The zero-order chi connectivity index (χ0) is 12.4. The number of aliphatic hydroxyl groups excluding tert-OH is 1. The molecule has 2 heterocycles. The number of aliphatic hydroxyl groups is 1. The fourth-order valence-electron chi connectivity index (χ4n) is 1.55. The number of amides is 1. The summed E-state index contributed by atoms with van der Waals surface area (Å²) in [7, 11) is 0.